The van der Waals surface area contributed by atoms with Crippen molar-refractivity contribution in [1.29, 1.82) is 0 Å². The van der Waals surface area contributed by atoms with Gasteiger partial charge in [0.05, 0.1) is 6.54 Å². The Hall–Kier alpha value is -0.830. The summed E-state index contributed by atoms with van der Waals surface area (Å²) in [5.74, 6) is 2.04. The van der Waals surface area contributed by atoms with Crippen LogP contribution in [0, 0.1) is 16.7 Å². The molecule has 1 aromatic heterocycles. The molecule has 0 aliphatic heterocycles. The van der Waals surface area contributed by atoms with Gasteiger partial charge in [0.15, 0.2) is 0 Å². The largest absolute Gasteiger partial charge is 0.337 e. The third-order valence-electron chi connectivity index (χ3n) is 6.22. The van der Waals surface area contributed by atoms with Crippen LogP contribution in [0.4, 0.5) is 0 Å². The zero-order valence-corrected chi connectivity index (χ0v) is 12.0. The predicted molar refractivity (Wildman–Crippen MR) is 73.1 cm³/mol. The van der Waals surface area contributed by atoms with Crippen LogP contribution in [0.5, 0.6) is 0 Å². The molecule has 3 heteroatoms. The maximum Gasteiger partial charge on any atom is 0.122 e. The fraction of sp³-hybridized carbons (Fsp3) is 0.800. The number of nitrogens with one attached hydrogen (secondary N) is 1. The Bertz CT molecular complexity index is 448. The van der Waals surface area contributed by atoms with Gasteiger partial charge < -0.3 is 9.88 Å². The van der Waals surface area contributed by atoms with E-state index in [4.69, 9.17) is 0 Å². The van der Waals surface area contributed by atoms with Crippen molar-refractivity contribution in [3.8, 4) is 0 Å². The first-order valence-corrected chi connectivity index (χ1v) is 7.15. The monoisotopic (exact) mass is 247 g/mol. The van der Waals surface area contributed by atoms with Crippen LogP contribution in [0.1, 0.15) is 45.9 Å². The van der Waals surface area contributed by atoms with Crippen LogP contribution in [0.2, 0.25) is 0 Å². The van der Waals surface area contributed by atoms with Crippen LogP contribution in [-0.2, 0) is 13.6 Å². The molecule has 1 heterocycles. The number of fused-ring (bicyclic) bond motifs is 2. The molecule has 0 saturated heterocycles. The van der Waals surface area contributed by atoms with Gasteiger partial charge in [-0.15, -0.1) is 0 Å². The molecule has 0 spiro atoms. The van der Waals surface area contributed by atoms with Crippen LogP contribution < -0.4 is 5.32 Å². The zero-order chi connectivity index (χ0) is 13.0. The van der Waals surface area contributed by atoms with Crippen molar-refractivity contribution in [2.45, 2.75) is 52.6 Å². The first-order chi connectivity index (χ1) is 8.45. The van der Waals surface area contributed by atoms with E-state index >= 15 is 0 Å². The molecule has 0 amide bonds. The quantitative estimate of drug-likeness (QED) is 0.890. The van der Waals surface area contributed by atoms with Crippen molar-refractivity contribution < 1.29 is 0 Å². The van der Waals surface area contributed by atoms with Crippen LogP contribution in [-0.4, -0.2) is 15.6 Å². The molecule has 1 aromatic rings. The van der Waals surface area contributed by atoms with Crippen molar-refractivity contribution in [2.24, 2.45) is 23.8 Å². The summed E-state index contributed by atoms with van der Waals surface area (Å²) in [6.07, 6.45) is 8.04. The van der Waals surface area contributed by atoms with E-state index in [1.54, 1.807) is 0 Å². The highest BCUT2D eigenvalue weighted by Crippen LogP contribution is 2.65. The highest BCUT2D eigenvalue weighted by Gasteiger charge is 2.60. The highest BCUT2D eigenvalue weighted by molar-refractivity contribution is 5.13. The van der Waals surface area contributed by atoms with Crippen LogP contribution in [0.15, 0.2) is 12.4 Å². The average molecular weight is 247 g/mol. The van der Waals surface area contributed by atoms with E-state index in [1.807, 2.05) is 12.4 Å². The summed E-state index contributed by atoms with van der Waals surface area (Å²) in [5, 5.41) is 3.77. The summed E-state index contributed by atoms with van der Waals surface area (Å²) in [5.41, 5.74) is 0.954. The fourth-order valence-electron chi connectivity index (χ4n) is 4.29. The lowest BCUT2D eigenvalue weighted by molar-refractivity contribution is 0.120. The van der Waals surface area contributed by atoms with Crippen molar-refractivity contribution in [3.63, 3.8) is 0 Å². The van der Waals surface area contributed by atoms with Gasteiger partial charge in [-0.2, -0.15) is 0 Å². The van der Waals surface area contributed by atoms with Crippen LogP contribution >= 0.6 is 0 Å². The maximum atomic E-state index is 4.40. The molecule has 2 aliphatic carbocycles. The molecule has 3 rings (SSSR count). The minimum absolute atomic E-state index is 0.461. The van der Waals surface area contributed by atoms with Gasteiger partial charge in [-0.25, -0.2) is 4.98 Å². The Morgan fingerprint density at radius 2 is 2.22 bits per heavy atom. The Morgan fingerprint density at radius 3 is 2.72 bits per heavy atom. The normalized spacial score (nSPS) is 37.3. The summed E-state index contributed by atoms with van der Waals surface area (Å²) < 4.78 is 2.10. The van der Waals surface area contributed by atoms with Crippen molar-refractivity contribution >= 4 is 0 Å². The number of hydrogen-bond donors (Lipinski definition) is 1. The molecule has 3 nitrogen and oxygen atoms in total. The molecule has 3 atom stereocenters. The number of rotatable bonds is 3. The van der Waals surface area contributed by atoms with Gasteiger partial charge in [0, 0.05) is 25.5 Å². The Balaban J connectivity index is 1.71. The SMILES string of the molecule is Cn1ccnc1CN[C@@H]1C[C@H]2CC[C@]1(C)C2(C)C. The first-order valence-electron chi connectivity index (χ1n) is 7.15. The zero-order valence-electron chi connectivity index (χ0n) is 12.0. The number of hydrogen-bond acceptors (Lipinski definition) is 2. The van der Waals surface area contributed by atoms with Gasteiger partial charge in [-0.1, -0.05) is 20.8 Å². The molecular formula is C15H25N3. The van der Waals surface area contributed by atoms with Gasteiger partial charge >= 0.3 is 0 Å². The maximum absolute atomic E-state index is 4.40. The molecule has 0 radical (unpaired) electrons. The van der Waals surface area contributed by atoms with E-state index in [1.165, 1.54) is 19.3 Å². The van der Waals surface area contributed by atoms with Gasteiger partial charge in [-0.05, 0) is 36.0 Å². The molecule has 1 N–H and O–H groups in total. The molecule has 2 aliphatic rings. The molecule has 0 aromatic carbocycles. The smallest absolute Gasteiger partial charge is 0.122 e. The Kier molecular flexibility index (Phi) is 2.60. The average Bonchev–Trinajstić information content (AvgIpc) is 2.87. The summed E-state index contributed by atoms with van der Waals surface area (Å²) >= 11 is 0. The van der Waals surface area contributed by atoms with E-state index < -0.39 is 0 Å². The lowest BCUT2D eigenvalue weighted by Crippen LogP contribution is -2.44. The van der Waals surface area contributed by atoms with Gasteiger partial charge in [0.2, 0.25) is 0 Å². The Labute approximate surface area is 110 Å². The summed E-state index contributed by atoms with van der Waals surface area (Å²) in [6.45, 7) is 8.31. The van der Waals surface area contributed by atoms with Gasteiger partial charge in [0.1, 0.15) is 5.82 Å². The minimum atomic E-state index is 0.461. The van der Waals surface area contributed by atoms with Crippen LogP contribution in [0.3, 0.4) is 0 Å². The highest BCUT2D eigenvalue weighted by atomic mass is 15.1. The predicted octanol–water partition coefficient (Wildman–Crippen LogP) is 2.72. The van der Waals surface area contributed by atoms with E-state index in [0.29, 0.717) is 16.9 Å². The van der Waals surface area contributed by atoms with Gasteiger partial charge in [-0.3, -0.25) is 0 Å². The molecular weight excluding hydrogens is 222 g/mol. The van der Waals surface area contributed by atoms with Crippen molar-refractivity contribution in [1.82, 2.24) is 14.9 Å². The number of nitrogens with zero attached hydrogens (tertiary/aromatic N) is 2. The van der Waals surface area contributed by atoms with E-state index in [0.717, 1.165) is 18.3 Å². The van der Waals surface area contributed by atoms with Crippen molar-refractivity contribution in [3.05, 3.63) is 18.2 Å². The molecule has 100 valence electrons. The second-order valence-corrected chi connectivity index (χ2v) is 7.00. The minimum Gasteiger partial charge on any atom is -0.337 e. The van der Waals surface area contributed by atoms with E-state index in [2.05, 4.69) is 42.7 Å². The summed E-state index contributed by atoms with van der Waals surface area (Å²) in [4.78, 5) is 4.40. The number of imidazole rings is 1. The first kappa shape index (κ1) is 12.2. The number of aryl methyl sites for hydroxylation is 1. The Morgan fingerprint density at radius 1 is 1.44 bits per heavy atom. The van der Waals surface area contributed by atoms with Crippen molar-refractivity contribution in [2.75, 3.05) is 0 Å². The molecule has 2 saturated carbocycles. The lowest BCUT2D eigenvalue weighted by Gasteiger charge is -2.39. The second kappa shape index (κ2) is 3.83. The summed E-state index contributed by atoms with van der Waals surface area (Å²) in [6, 6.07) is 0.656. The third-order valence-corrected chi connectivity index (χ3v) is 6.22. The standard InChI is InChI=1S/C15H25N3/c1-14(2)11-5-6-15(14,3)12(9-11)17-10-13-16-7-8-18(13)4/h7-8,11-12,17H,5-6,9-10H2,1-4H3/t11-,12-,15+/m1/s1. The molecule has 18 heavy (non-hydrogen) atoms. The molecule has 2 fully saturated rings. The number of aromatic nitrogens is 2. The van der Waals surface area contributed by atoms with Gasteiger partial charge in [0.25, 0.3) is 0 Å². The molecule has 0 unspecified atom stereocenters. The van der Waals surface area contributed by atoms with E-state index in [9.17, 15) is 0 Å². The van der Waals surface area contributed by atoms with Crippen LogP contribution in [0.25, 0.3) is 0 Å². The summed E-state index contributed by atoms with van der Waals surface area (Å²) in [7, 11) is 2.07. The fourth-order valence-corrected chi connectivity index (χ4v) is 4.29. The lowest BCUT2D eigenvalue weighted by atomic mass is 9.69. The van der Waals surface area contributed by atoms with E-state index in [-0.39, 0.29) is 0 Å². The third kappa shape index (κ3) is 1.49. The second-order valence-electron chi connectivity index (χ2n) is 7.00. The topological polar surface area (TPSA) is 29.9 Å². The molecule has 2 bridgehead atoms.